The summed E-state index contributed by atoms with van der Waals surface area (Å²) in [5.74, 6) is 0.897. The van der Waals surface area contributed by atoms with Crippen molar-refractivity contribution in [2.75, 3.05) is 13.1 Å². The Bertz CT molecular complexity index is 330. The molecule has 1 aromatic heterocycles. The zero-order chi connectivity index (χ0) is 11.4. The van der Waals surface area contributed by atoms with Gasteiger partial charge >= 0.3 is 0 Å². The largest absolute Gasteiger partial charge is 0.325 e. The summed E-state index contributed by atoms with van der Waals surface area (Å²) < 4.78 is 0. The van der Waals surface area contributed by atoms with Crippen LogP contribution in [0.4, 0.5) is 0 Å². The number of hydrogen-bond acceptors (Lipinski definition) is 3. The summed E-state index contributed by atoms with van der Waals surface area (Å²) in [6, 6.07) is 4.22. The molecule has 3 nitrogen and oxygen atoms in total. The van der Waals surface area contributed by atoms with Gasteiger partial charge in [-0.05, 0) is 49.5 Å². The number of pyridine rings is 1. The van der Waals surface area contributed by atoms with Gasteiger partial charge in [0.25, 0.3) is 0 Å². The smallest absolute Gasteiger partial charge is 0.0542 e. The van der Waals surface area contributed by atoms with Crippen LogP contribution in [0.2, 0.25) is 0 Å². The lowest BCUT2D eigenvalue weighted by molar-refractivity contribution is 0.185. The van der Waals surface area contributed by atoms with Gasteiger partial charge in [-0.2, -0.15) is 0 Å². The highest BCUT2D eigenvalue weighted by Crippen LogP contribution is 2.18. The summed E-state index contributed by atoms with van der Waals surface area (Å²) in [6.45, 7) is 6.37. The second kappa shape index (κ2) is 5.41. The fraction of sp³-hybridized carbons (Fsp3) is 0.615. The van der Waals surface area contributed by atoms with E-state index in [2.05, 4.69) is 28.9 Å². The average molecular weight is 219 g/mol. The minimum Gasteiger partial charge on any atom is -0.325 e. The number of piperidine rings is 1. The first kappa shape index (κ1) is 11.6. The SMILES string of the molecule is CC1CCN(Cc2ccnc(CN)c2)CC1. The first-order valence-electron chi connectivity index (χ1n) is 6.14. The maximum atomic E-state index is 5.59. The molecule has 16 heavy (non-hydrogen) atoms. The lowest BCUT2D eigenvalue weighted by atomic mass is 9.99. The van der Waals surface area contributed by atoms with Crippen molar-refractivity contribution in [2.24, 2.45) is 11.7 Å². The standard InChI is InChI=1S/C13H21N3/c1-11-3-6-16(7-4-11)10-12-2-5-15-13(8-12)9-14/h2,5,8,11H,3-4,6-7,9-10,14H2,1H3. The van der Waals surface area contributed by atoms with Crippen LogP contribution in [0, 0.1) is 5.92 Å². The normalized spacial score (nSPS) is 18.9. The van der Waals surface area contributed by atoms with Crippen LogP contribution in [-0.4, -0.2) is 23.0 Å². The number of hydrogen-bond donors (Lipinski definition) is 1. The van der Waals surface area contributed by atoms with Crippen molar-refractivity contribution in [3.05, 3.63) is 29.6 Å². The Kier molecular flexibility index (Phi) is 3.91. The van der Waals surface area contributed by atoms with Gasteiger partial charge in [0.15, 0.2) is 0 Å². The molecule has 0 aromatic carbocycles. The van der Waals surface area contributed by atoms with Gasteiger partial charge in [0.2, 0.25) is 0 Å². The lowest BCUT2D eigenvalue weighted by Gasteiger charge is -2.30. The molecule has 0 unspecified atom stereocenters. The predicted octanol–water partition coefficient (Wildman–Crippen LogP) is 1.77. The van der Waals surface area contributed by atoms with Crippen molar-refractivity contribution in [1.29, 1.82) is 0 Å². The van der Waals surface area contributed by atoms with E-state index in [-0.39, 0.29) is 0 Å². The highest BCUT2D eigenvalue weighted by Gasteiger charge is 2.15. The molecule has 1 fully saturated rings. The Morgan fingerprint density at radius 2 is 2.19 bits per heavy atom. The summed E-state index contributed by atoms with van der Waals surface area (Å²) in [6.07, 6.45) is 4.52. The van der Waals surface area contributed by atoms with Crippen molar-refractivity contribution in [3.8, 4) is 0 Å². The van der Waals surface area contributed by atoms with Gasteiger partial charge < -0.3 is 5.73 Å². The van der Waals surface area contributed by atoms with Crippen molar-refractivity contribution < 1.29 is 0 Å². The second-order valence-corrected chi connectivity index (χ2v) is 4.82. The molecule has 1 saturated heterocycles. The van der Waals surface area contributed by atoms with E-state index in [1.807, 2.05) is 6.20 Å². The molecule has 1 aliphatic rings. The molecule has 0 saturated carbocycles. The topological polar surface area (TPSA) is 42.2 Å². The Labute approximate surface area is 97.7 Å². The van der Waals surface area contributed by atoms with Crippen LogP contribution < -0.4 is 5.73 Å². The molecule has 88 valence electrons. The van der Waals surface area contributed by atoms with E-state index in [0.29, 0.717) is 6.54 Å². The molecule has 2 N–H and O–H groups in total. The van der Waals surface area contributed by atoms with Crippen LogP contribution in [0.5, 0.6) is 0 Å². The number of likely N-dealkylation sites (tertiary alicyclic amines) is 1. The summed E-state index contributed by atoms with van der Waals surface area (Å²) in [5.41, 5.74) is 7.92. The Balaban J connectivity index is 1.93. The fourth-order valence-electron chi connectivity index (χ4n) is 2.22. The van der Waals surface area contributed by atoms with Gasteiger partial charge in [0, 0.05) is 19.3 Å². The van der Waals surface area contributed by atoms with Crippen LogP contribution in [0.3, 0.4) is 0 Å². The zero-order valence-electron chi connectivity index (χ0n) is 10.0. The number of aromatic nitrogens is 1. The summed E-state index contributed by atoms with van der Waals surface area (Å²) in [4.78, 5) is 6.74. The van der Waals surface area contributed by atoms with E-state index in [4.69, 9.17) is 5.73 Å². The molecule has 1 aliphatic heterocycles. The highest BCUT2D eigenvalue weighted by atomic mass is 15.1. The van der Waals surface area contributed by atoms with E-state index < -0.39 is 0 Å². The molecule has 0 atom stereocenters. The minimum atomic E-state index is 0.533. The van der Waals surface area contributed by atoms with E-state index >= 15 is 0 Å². The maximum Gasteiger partial charge on any atom is 0.0542 e. The molecule has 0 bridgehead atoms. The van der Waals surface area contributed by atoms with E-state index in [1.165, 1.54) is 31.5 Å². The average Bonchev–Trinajstić information content (AvgIpc) is 2.32. The Morgan fingerprint density at radius 1 is 1.44 bits per heavy atom. The molecule has 0 radical (unpaired) electrons. The summed E-state index contributed by atoms with van der Waals surface area (Å²) >= 11 is 0. The Hall–Kier alpha value is -0.930. The van der Waals surface area contributed by atoms with Crippen LogP contribution in [0.15, 0.2) is 18.3 Å². The van der Waals surface area contributed by atoms with Crippen LogP contribution in [-0.2, 0) is 13.1 Å². The molecule has 3 heteroatoms. The maximum absolute atomic E-state index is 5.59. The first-order chi connectivity index (χ1) is 7.78. The van der Waals surface area contributed by atoms with Crippen molar-refractivity contribution in [2.45, 2.75) is 32.9 Å². The van der Waals surface area contributed by atoms with Gasteiger partial charge in [-0.1, -0.05) is 6.92 Å². The Morgan fingerprint density at radius 3 is 2.88 bits per heavy atom. The molecule has 2 rings (SSSR count). The first-order valence-corrected chi connectivity index (χ1v) is 6.14. The van der Waals surface area contributed by atoms with Gasteiger partial charge in [-0.15, -0.1) is 0 Å². The van der Waals surface area contributed by atoms with E-state index in [9.17, 15) is 0 Å². The van der Waals surface area contributed by atoms with Gasteiger partial charge in [0.1, 0.15) is 0 Å². The molecule has 0 amide bonds. The third-order valence-electron chi connectivity index (χ3n) is 3.37. The van der Waals surface area contributed by atoms with Gasteiger partial charge in [0.05, 0.1) is 5.69 Å². The third-order valence-corrected chi connectivity index (χ3v) is 3.37. The minimum absolute atomic E-state index is 0.533. The molecule has 1 aromatic rings. The zero-order valence-corrected chi connectivity index (χ0v) is 10.0. The highest BCUT2D eigenvalue weighted by molar-refractivity contribution is 5.16. The fourth-order valence-corrected chi connectivity index (χ4v) is 2.22. The molecule has 0 aliphatic carbocycles. The van der Waals surface area contributed by atoms with Crippen molar-refractivity contribution in [1.82, 2.24) is 9.88 Å². The molecule has 0 spiro atoms. The van der Waals surface area contributed by atoms with Crippen LogP contribution in [0.25, 0.3) is 0 Å². The van der Waals surface area contributed by atoms with Crippen molar-refractivity contribution >= 4 is 0 Å². The number of nitrogens with zero attached hydrogens (tertiary/aromatic N) is 2. The van der Waals surface area contributed by atoms with Gasteiger partial charge in [-0.3, -0.25) is 9.88 Å². The summed E-state index contributed by atoms with van der Waals surface area (Å²) in [7, 11) is 0. The van der Waals surface area contributed by atoms with Crippen LogP contribution >= 0.6 is 0 Å². The quantitative estimate of drug-likeness (QED) is 0.842. The molecular weight excluding hydrogens is 198 g/mol. The molecule has 2 heterocycles. The monoisotopic (exact) mass is 219 g/mol. The van der Waals surface area contributed by atoms with E-state index in [0.717, 1.165) is 18.2 Å². The van der Waals surface area contributed by atoms with Gasteiger partial charge in [-0.25, -0.2) is 0 Å². The van der Waals surface area contributed by atoms with E-state index in [1.54, 1.807) is 0 Å². The second-order valence-electron chi connectivity index (χ2n) is 4.82. The predicted molar refractivity (Wildman–Crippen MR) is 65.8 cm³/mol. The van der Waals surface area contributed by atoms with Crippen molar-refractivity contribution in [3.63, 3.8) is 0 Å². The van der Waals surface area contributed by atoms with Crippen LogP contribution in [0.1, 0.15) is 31.0 Å². The molecular formula is C13H21N3. The number of nitrogens with two attached hydrogens (primary N) is 1. The lowest BCUT2D eigenvalue weighted by Crippen LogP contribution is -2.32. The third kappa shape index (κ3) is 3.03. The number of rotatable bonds is 3. The summed E-state index contributed by atoms with van der Waals surface area (Å²) in [5, 5.41) is 0.